The molecule has 1 aromatic rings. The third-order valence-electron chi connectivity index (χ3n) is 3.84. The van der Waals surface area contributed by atoms with Crippen molar-refractivity contribution in [3.8, 4) is 0 Å². The average Bonchev–Trinajstić information content (AvgIpc) is 2.42. The van der Waals surface area contributed by atoms with Crippen molar-refractivity contribution in [2.75, 3.05) is 32.7 Å². The number of likely N-dealkylation sites (N-methyl/N-ethyl adjacent to an activating group) is 1. The van der Waals surface area contributed by atoms with E-state index in [9.17, 15) is 9.59 Å². The summed E-state index contributed by atoms with van der Waals surface area (Å²) in [6, 6.07) is 0. The Hall–Kier alpha value is -1.69. The molecule has 6 nitrogen and oxygen atoms in total. The highest BCUT2D eigenvalue weighted by atomic mass is 16.2. The van der Waals surface area contributed by atoms with Gasteiger partial charge in [0.25, 0.3) is 5.56 Å². The zero-order valence-electron chi connectivity index (χ0n) is 12.4. The second-order valence-electron chi connectivity index (χ2n) is 5.21. The van der Waals surface area contributed by atoms with E-state index in [-0.39, 0.29) is 17.9 Å². The number of nitrogens with one attached hydrogen (secondary N) is 1. The smallest absolute Gasteiger partial charge is 0.254 e. The number of aromatic amines is 1. The van der Waals surface area contributed by atoms with Crippen LogP contribution >= 0.6 is 0 Å². The topological polar surface area (TPSA) is 69.3 Å². The summed E-state index contributed by atoms with van der Waals surface area (Å²) in [6.07, 6.45) is 0.139. The molecule has 2 heterocycles. The monoisotopic (exact) mass is 278 g/mol. The molecule has 20 heavy (non-hydrogen) atoms. The van der Waals surface area contributed by atoms with Crippen LogP contribution in [-0.2, 0) is 11.2 Å². The molecule has 0 aromatic carbocycles. The van der Waals surface area contributed by atoms with E-state index < -0.39 is 0 Å². The fraction of sp³-hybridized carbons (Fsp3) is 0.643. The number of piperazine rings is 1. The molecule has 1 fully saturated rings. The van der Waals surface area contributed by atoms with Crippen molar-refractivity contribution in [2.45, 2.75) is 27.2 Å². The van der Waals surface area contributed by atoms with Crippen LogP contribution < -0.4 is 5.56 Å². The number of hydrogen-bond acceptors (Lipinski definition) is 4. The van der Waals surface area contributed by atoms with Gasteiger partial charge in [0.1, 0.15) is 5.82 Å². The van der Waals surface area contributed by atoms with Gasteiger partial charge in [-0.3, -0.25) is 9.59 Å². The zero-order valence-corrected chi connectivity index (χ0v) is 12.4. The first-order chi connectivity index (χ1) is 9.51. The van der Waals surface area contributed by atoms with E-state index in [2.05, 4.69) is 21.8 Å². The molecule has 0 saturated carbocycles. The minimum Gasteiger partial charge on any atom is -0.340 e. The lowest BCUT2D eigenvalue weighted by Gasteiger charge is -2.34. The van der Waals surface area contributed by atoms with Gasteiger partial charge in [-0.25, -0.2) is 4.98 Å². The van der Waals surface area contributed by atoms with Gasteiger partial charge in [-0.1, -0.05) is 6.92 Å². The van der Waals surface area contributed by atoms with Gasteiger partial charge in [-0.05, 0) is 20.4 Å². The van der Waals surface area contributed by atoms with E-state index in [0.29, 0.717) is 17.1 Å². The first-order valence-electron chi connectivity index (χ1n) is 7.07. The minimum atomic E-state index is -0.199. The van der Waals surface area contributed by atoms with Gasteiger partial charge in [0.15, 0.2) is 0 Å². The zero-order chi connectivity index (χ0) is 14.7. The molecule has 110 valence electrons. The maximum Gasteiger partial charge on any atom is 0.254 e. The number of aromatic nitrogens is 2. The molecule has 0 aliphatic carbocycles. The van der Waals surface area contributed by atoms with Gasteiger partial charge in [0.2, 0.25) is 5.91 Å². The Labute approximate surface area is 118 Å². The molecule has 0 spiro atoms. The van der Waals surface area contributed by atoms with Crippen LogP contribution in [0, 0.1) is 13.8 Å². The third kappa shape index (κ3) is 3.25. The number of nitrogens with zero attached hydrogens (tertiary/aromatic N) is 3. The summed E-state index contributed by atoms with van der Waals surface area (Å²) in [7, 11) is 0. The van der Waals surface area contributed by atoms with Crippen LogP contribution in [0.15, 0.2) is 4.79 Å². The third-order valence-corrected chi connectivity index (χ3v) is 3.84. The normalized spacial score (nSPS) is 16.4. The molecule has 0 unspecified atom stereocenters. The highest BCUT2D eigenvalue weighted by Crippen LogP contribution is 2.06. The number of amides is 1. The van der Waals surface area contributed by atoms with Gasteiger partial charge < -0.3 is 14.8 Å². The molecule has 1 aliphatic rings. The van der Waals surface area contributed by atoms with E-state index >= 15 is 0 Å². The fourth-order valence-corrected chi connectivity index (χ4v) is 2.54. The molecule has 0 atom stereocenters. The second-order valence-corrected chi connectivity index (χ2v) is 5.21. The van der Waals surface area contributed by atoms with Crippen LogP contribution in [0.5, 0.6) is 0 Å². The summed E-state index contributed by atoms with van der Waals surface area (Å²) in [6.45, 7) is 9.95. The largest absolute Gasteiger partial charge is 0.340 e. The molecule has 1 aromatic heterocycles. The number of carbonyl (C=O) groups excluding carboxylic acids is 1. The molecular formula is C14H22N4O2. The number of aryl methyl sites for hydroxylation is 2. The molecule has 2 rings (SSSR count). The lowest BCUT2D eigenvalue weighted by Crippen LogP contribution is -2.49. The van der Waals surface area contributed by atoms with Crippen LogP contribution in [0.4, 0.5) is 0 Å². The molecule has 0 bridgehead atoms. The second kappa shape index (κ2) is 6.17. The van der Waals surface area contributed by atoms with Crippen molar-refractivity contribution >= 4 is 5.91 Å². The van der Waals surface area contributed by atoms with Crippen molar-refractivity contribution in [1.29, 1.82) is 0 Å². The van der Waals surface area contributed by atoms with E-state index in [1.807, 2.05) is 4.90 Å². The van der Waals surface area contributed by atoms with Crippen LogP contribution in [0.1, 0.15) is 24.0 Å². The van der Waals surface area contributed by atoms with Crippen molar-refractivity contribution in [3.05, 3.63) is 27.4 Å². The summed E-state index contributed by atoms with van der Waals surface area (Å²) < 4.78 is 0. The lowest BCUT2D eigenvalue weighted by molar-refractivity contribution is -0.132. The van der Waals surface area contributed by atoms with Crippen LogP contribution in [0.2, 0.25) is 0 Å². The van der Waals surface area contributed by atoms with Crippen LogP contribution in [-0.4, -0.2) is 58.4 Å². The number of carbonyl (C=O) groups is 1. The van der Waals surface area contributed by atoms with Crippen molar-refractivity contribution in [3.63, 3.8) is 0 Å². The highest BCUT2D eigenvalue weighted by Gasteiger charge is 2.21. The SMILES string of the molecule is CCN1CCN(C(=O)Cc2c(C)nc(C)[nH]c2=O)CC1. The Kier molecular flexibility index (Phi) is 4.54. The van der Waals surface area contributed by atoms with Gasteiger partial charge >= 0.3 is 0 Å². The Morgan fingerprint density at radius 1 is 1.25 bits per heavy atom. The Morgan fingerprint density at radius 2 is 1.90 bits per heavy atom. The summed E-state index contributed by atoms with van der Waals surface area (Å²) in [4.78, 5) is 35.2. The van der Waals surface area contributed by atoms with Crippen molar-refractivity contribution in [1.82, 2.24) is 19.8 Å². The van der Waals surface area contributed by atoms with Crippen molar-refractivity contribution < 1.29 is 4.79 Å². The van der Waals surface area contributed by atoms with Crippen LogP contribution in [0.25, 0.3) is 0 Å². The maximum absolute atomic E-state index is 12.3. The van der Waals surface area contributed by atoms with Gasteiger partial charge in [-0.15, -0.1) is 0 Å². The fourth-order valence-electron chi connectivity index (χ4n) is 2.54. The minimum absolute atomic E-state index is 0.0139. The predicted molar refractivity (Wildman–Crippen MR) is 76.7 cm³/mol. The van der Waals surface area contributed by atoms with E-state index in [1.165, 1.54) is 0 Å². The van der Waals surface area contributed by atoms with E-state index in [1.54, 1.807) is 13.8 Å². The average molecular weight is 278 g/mol. The Balaban J connectivity index is 2.04. The molecule has 1 N–H and O–H groups in total. The molecular weight excluding hydrogens is 256 g/mol. The van der Waals surface area contributed by atoms with E-state index in [0.717, 1.165) is 32.7 Å². The van der Waals surface area contributed by atoms with Gasteiger partial charge in [-0.2, -0.15) is 0 Å². The summed E-state index contributed by atoms with van der Waals surface area (Å²) >= 11 is 0. The maximum atomic E-state index is 12.3. The van der Waals surface area contributed by atoms with E-state index in [4.69, 9.17) is 0 Å². The molecule has 1 aliphatic heterocycles. The highest BCUT2D eigenvalue weighted by molar-refractivity contribution is 5.79. The first-order valence-corrected chi connectivity index (χ1v) is 7.07. The van der Waals surface area contributed by atoms with Gasteiger partial charge in [0, 0.05) is 37.4 Å². The quantitative estimate of drug-likeness (QED) is 0.851. The predicted octanol–water partition coefficient (Wildman–Crippen LogP) is 0.0933. The molecule has 0 radical (unpaired) electrons. The number of hydrogen-bond donors (Lipinski definition) is 1. The molecule has 1 amide bonds. The molecule has 6 heteroatoms. The molecule has 1 saturated heterocycles. The number of H-pyrrole nitrogens is 1. The standard InChI is InChI=1S/C14H22N4O2/c1-4-17-5-7-18(8-6-17)13(19)9-12-10(2)15-11(3)16-14(12)20/h4-9H2,1-3H3,(H,15,16,20). The summed E-state index contributed by atoms with van der Waals surface area (Å²) in [5, 5.41) is 0. The Bertz CT molecular complexity index is 545. The number of rotatable bonds is 3. The lowest BCUT2D eigenvalue weighted by atomic mass is 10.1. The van der Waals surface area contributed by atoms with Crippen molar-refractivity contribution in [2.24, 2.45) is 0 Å². The van der Waals surface area contributed by atoms with Gasteiger partial charge in [0.05, 0.1) is 6.42 Å². The summed E-state index contributed by atoms with van der Waals surface area (Å²) in [5.41, 5.74) is 0.931. The van der Waals surface area contributed by atoms with Crippen LogP contribution in [0.3, 0.4) is 0 Å². The first kappa shape index (κ1) is 14.7. The Morgan fingerprint density at radius 3 is 2.45 bits per heavy atom. The summed E-state index contributed by atoms with van der Waals surface area (Å²) in [5.74, 6) is 0.597.